The minimum absolute atomic E-state index is 0.230. The van der Waals surface area contributed by atoms with E-state index >= 15 is 0 Å². The van der Waals surface area contributed by atoms with Crippen LogP contribution in [0.5, 0.6) is 0 Å². The third-order valence-electron chi connectivity index (χ3n) is 17.3. The molecule has 0 saturated carbocycles. The molecule has 0 spiro atoms. The average molecular weight is 1320 g/mol. The zero-order valence-corrected chi connectivity index (χ0v) is 56.7. The molecule has 1 amide bonds. The number of nitrogens with one attached hydrogen (secondary N) is 1. The van der Waals surface area contributed by atoms with Crippen molar-refractivity contribution in [1.82, 2.24) is 5.32 Å². The molecule has 0 bridgehead atoms. The van der Waals surface area contributed by atoms with Gasteiger partial charge >= 0.3 is 0 Å². The Labute approximate surface area is 558 Å². The molecule has 3 rings (SSSR count). The smallest absolute Gasteiger partial charge is 0.220 e. The van der Waals surface area contributed by atoms with Crippen molar-refractivity contribution >= 4 is 5.91 Å². The predicted molar refractivity (Wildman–Crippen MR) is 364 cm³/mol. The summed E-state index contributed by atoms with van der Waals surface area (Å²) in [5.74, 6) is -0.292. The minimum Gasteiger partial charge on any atom is -0.394 e. The third kappa shape index (κ3) is 36.2. The molecule has 3 aliphatic heterocycles. The molecule has 17 unspecified atom stereocenters. The van der Waals surface area contributed by atoms with Crippen molar-refractivity contribution in [3.8, 4) is 0 Å². The summed E-state index contributed by atoms with van der Waals surface area (Å²) in [5, 5.41) is 120. The van der Waals surface area contributed by atoms with Crippen LogP contribution in [-0.2, 0) is 33.2 Å². The van der Waals surface area contributed by atoms with Crippen LogP contribution in [0.15, 0.2) is 97.2 Å². The zero-order chi connectivity index (χ0) is 67.5. The Morgan fingerprint density at radius 3 is 1.19 bits per heavy atom. The number of carbonyl (C=O) groups is 1. The van der Waals surface area contributed by atoms with Gasteiger partial charge in [-0.3, -0.25) is 4.79 Å². The molecule has 17 atom stereocenters. The summed E-state index contributed by atoms with van der Waals surface area (Å²) in [6, 6.07) is -0.998. The van der Waals surface area contributed by atoms with Crippen LogP contribution in [0.2, 0.25) is 0 Å². The molecule has 0 aliphatic carbocycles. The van der Waals surface area contributed by atoms with Gasteiger partial charge in [0.05, 0.1) is 38.6 Å². The molecule has 3 fully saturated rings. The molecule has 19 heteroatoms. The van der Waals surface area contributed by atoms with Crippen LogP contribution < -0.4 is 5.32 Å². The van der Waals surface area contributed by atoms with Crippen molar-refractivity contribution < 1.29 is 89.4 Å². The van der Waals surface area contributed by atoms with Gasteiger partial charge in [0.15, 0.2) is 18.9 Å². The van der Waals surface area contributed by atoms with Gasteiger partial charge in [-0.2, -0.15) is 0 Å². The van der Waals surface area contributed by atoms with Crippen molar-refractivity contribution in [2.75, 3.05) is 26.4 Å². The first-order valence-corrected chi connectivity index (χ1v) is 36.0. The number of hydrogen-bond donors (Lipinski definition) is 12. The van der Waals surface area contributed by atoms with Gasteiger partial charge in [0, 0.05) is 6.42 Å². The van der Waals surface area contributed by atoms with Crippen LogP contribution in [0.4, 0.5) is 0 Å². The fourth-order valence-electron chi connectivity index (χ4n) is 11.6. The number of aliphatic hydroxyl groups excluding tert-OH is 11. The van der Waals surface area contributed by atoms with Gasteiger partial charge in [0.25, 0.3) is 0 Å². The Hall–Kier alpha value is -3.29. The SMILES string of the molecule is CC/C=C\C/C=C\C/C=C\C/C=C\C/C=C\CCCCCCCCCCCCCCCCCCCCCCCC(=O)NC(COC1OC(CO)C(OC2OC(CO)C(OC3OC(CO)C(O)C(O)C3O)C(O)C2O)C(O)C1O)C(O)/C=C/CC/C=C/CC/C=C/CCC. The lowest BCUT2D eigenvalue weighted by Crippen LogP contribution is -2.66. The van der Waals surface area contributed by atoms with Crippen LogP contribution >= 0.6 is 0 Å². The summed E-state index contributed by atoms with van der Waals surface area (Å²) in [6.07, 6.45) is 45.8. The molecule has 12 N–H and O–H groups in total. The Kier molecular flexibility index (Phi) is 49.4. The summed E-state index contributed by atoms with van der Waals surface area (Å²) in [6.45, 7) is 1.50. The van der Waals surface area contributed by atoms with Crippen molar-refractivity contribution in [2.45, 2.75) is 336 Å². The molecule has 0 aromatic carbocycles. The van der Waals surface area contributed by atoms with E-state index in [1.807, 2.05) is 6.08 Å². The molecule has 536 valence electrons. The lowest BCUT2D eigenvalue weighted by Gasteiger charge is -2.48. The van der Waals surface area contributed by atoms with E-state index in [1.165, 1.54) is 116 Å². The summed E-state index contributed by atoms with van der Waals surface area (Å²) in [4.78, 5) is 13.4. The zero-order valence-electron chi connectivity index (χ0n) is 56.7. The number of ether oxygens (including phenoxy) is 6. The van der Waals surface area contributed by atoms with Crippen LogP contribution in [0, 0.1) is 0 Å². The Bertz CT molecular complexity index is 2060. The molecular formula is C74H127NO18. The molecule has 19 nitrogen and oxygen atoms in total. The number of allylic oxidation sites excluding steroid dienone is 15. The van der Waals surface area contributed by atoms with E-state index in [2.05, 4.69) is 104 Å². The highest BCUT2D eigenvalue weighted by Gasteiger charge is 2.53. The number of amides is 1. The minimum atomic E-state index is -1.98. The van der Waals surface area contributed by atoms with Crippen LogP contribution in [-0.4, -0.2) is 193 Å². The van der Waals surface area contributed by atoms with E-state index in [-0.39, 0.29) is 18.9 Å². The number of rotatable bonds is 54. The number of unbranched alkanes of at least 4 members (excludes halogenated alkanes) is 24. The summed E-state index contributed by atoms with van der Waals surface area (Å²) >= 11 is 0. The second-order valence-electron chi connectivity index (χ2n) is 25.3. The summed E-state index contributed by atoms with van der Waals surface area (Å²) in [5.41, 5.74) is 0. The number of hydrogen-bond acceptors (Lipinski definition) is 18. The second kappa shape index (κ2) is 54.7. The molecule has 3 heterocycles. The number of aliphatic hydroxyl groups is 11. The average Bonchev–Trinajstić information content (AvgIpc) is 0.805. The van der Waals surface area contributed by atoms with Crippen LogP contribution in [0.1, 0.15) is 232 Å². The molecule has 3 aliphatic rings. The van der Waals surface area contributed by atoms with Crippen molar-refractivity contribution in [2.24, 2.45) is 0 Å². The highest BCUT2D eigenvalue weighted by molar-refractivity contribution is 5.76. The van der Waals surface area contributed by atoms with Gasteiger partial charge in [-0.25, -0.2) is 0 Å². The largest absolute Gasteiger partial charge is 0.394 e. The van der Waals surface area contributed by atoms with Crippen molar-refractivity contribution in [1.29, 1.82) is 0 Å². The first-order valence-electron chi connectivity index (χ1n) is 36.0. The van der Waals surface area contributed by atoms with Crippen LogP contribution in [0.3, 0.4) is 0 Å². The maximum atomic E-state index is 13.4. The van der Waals surface area contributed by atoms with Crippen molar-refractivity contribution in [3.05, 3.63) is 97.2 Å². The third-order valence-corrected chi connectivity index (χ3v) is 17.3. The Balaban J connectivity index is 1.31. The summed E-state index contributed by atoms with van der Waals surface area (Å²) < 4.78 is 34.3. The van der Waals surface area contributed by atoms with Gasteiger partial charge in [0.2, 0.25) is 5.91 Å². The first-order chi connectivity index (χ1) is 45.3. The molecule has 0 aromatic rings. The van der Waals surface area contributed by atoms with E-state index in [0.29, 0.717) is 12.8 Å². The topological polar surface area (TPSA) is 307 Å². The van der Waals surface area contributed by atoms with Gasteiger partial charge in [-0.05, 0) is 83.5 Å². The fraction of sp³-hybridized carbons (Fsp3) is 0.770. The predicted octanol–water partition coefficient (Wildman–Crippen LogP) is 10.0. The Morgan fingerprint density at radius 2 is 0.753 bits per heavy atom. The van der Waals surface area contributed by atoms with E-state index in [9.17, 15) is 61.0 Å². The van der Waals surface area contributed by atoms with Crippen molar-refractivity contribution in [3.63, 3.8) is 0 Å². The van der Waals surface area contributed by atoms with Gasteiger partial charge in [-0.1, -0.05) is 239 Å². The van der Waals surface area contributed by atoms with E-state index in [0.717, 1.165) is 83.5 Å². The van der Waals surface area contributed by atoms with Crippen LogP contribution in [0.25, 0.3) is 0 Å². The monoisotopic (exact) mass is 1320 g/mol. The lowest BCUT2D eigenvalue weighted by molar-refractivity contribution is -0.379. The van der Waals surface area contributed by atoms with Gasteiger partial charge < -0.3 is 89.9 Å². The van der Waals surface area contributed by atoms with E-state index in [4.69, 9.17) is 28.4 Å². The second-order valence-corrected chi connectivity index (χ2v) is 25.3. The number of carbonyl (C=O) groups excluding carboxylic acids is 1. The maximum absolute atomic E-state index is 13.4. The molecule has 3 saturated heterocycles. The first kappa shape index (κ1) is 83.9. The highest BCUT2D eigenvalue weighted by atomic mass is 16.8. The van der Waals surface area contributed by atoms with E-state index in [1.54, 1.807) is 6.08 Å². The quantitative estimate of drug-likeness (QED) is 0.0199. The van der Waals surface area contributed by atoms with E-state index < -0.39 is 124 Å². The highest BCUT2D eigenvalue weighted by Crippen LogP contribution is 2.33. The molecule has 0 aromatic heterocycles. The lowest BCUT2D eigenvalue weighted by atomic mass is 9.96. The molecular weight excluding hydrogens is 1190 g/mol. The van der Waals surface area contributed by atoms with Gasteiger partial charge in [0.1, 0.15) is 73.2 Å². The molecule has 0 radical (unpaired) electrons. The standard InChI is InChI=1S/C74H127NO18/c1-3-5-7-9-11-13-15-16-17-18-19-20-21-22-23-24-25-26-27-28-29-30-31-32-33-34-35-36-37-38-39-40-42-44-46-48-50-52-62(80)75-57(58(79)51-49-47-45-43-41-14-12-10-8-6-4-2)56-88-72-68(86)65(83)70(60(54-77)90-72)93-74-69(87)66(84)71(61(55-78)91-74)92-73-67(85)64(82)63(81)59(53-76)89-73/h5,7-8,10-11,13,16-17,19-20,22-23,41,43,49,51,57-61,63-74,76-79,81-87H,3-4,6,9,12,14-15,18,21,24-40,42,44-48,50,52-56H2,1-2H3,(H,75,80)/b7-5-,10-8+,13-11-,17-16-,20-19-,23-22-,43-41+,51-49+. The summed E-state index contributed by atoms with van der Waals surface area (Å²) in [7, 11) is 0. The maximum Gasteiger partial charge on any atom is 0.220 e. The van der Waals surface area contributed by atoms with Gasteiger partial charge in [-0.15, -0.1) is 0 Å². The molecule has 93 heavy (non-hydrogen) atoms. The Morgan fingerprint density at radius 1 is 0.398 bits per heavy atom. The normalized spacial score (nSPS) is 28.1. The fourth-order valence-corrected chi connectivity index (χ4v) is 11.6.